The molecule has 2 heterocycles. The highest BCUT2D eigenvalue weighted by Gasteiger charge is 2.46. The molecule has 0 atom stereocenters. The van der Waals surface area contributed by atoms with E-state index in [-0.39, 0.29) is 13.1 Å². The predicted octanol–water partition coefficient (Wildman–Crippen LogP) is 2.67. The first-order valence-corrected chi connectivity index (χ1v) is 7.32. The van der Waals surface area contributed by atoms with Crippen molar-refractivity contribution in [1.29, 1.82) is 0 Å². The number of amides is 1. The summed E-state index contributed by atoms with van der Waals surface area (Å²) in [5.41, 5.74) is 0.0583. The lowest BCUT2D eigenvalue weighted by Crippen LogP contribution is -2.61. The van der Waals surface area contributed by atoms with Gasteiger partial charge in [-0.25, -0.2) is 4.79 Å². The van der Waals surface area contributed by atoms with Crippen molar-refractivity contribution in [3.63, 3.8) is 0 Å². The highest BCUT2D eigenvalue weighted by Crippen LogP contribution is 2.34. The molecular formula is C17H20N2O3. The lowest BCUT2D eigenvalue weighted by molar-refractivity contribution is -0.103. The molecule has 1 N–H and O–H groups in total. The number of aromatic nitrogens is 1. The van der Waals surface area contributed by atoms with Crippen LogP contribution in [0.3, 0.4) is 0 Å². The summed E-state index contributed by atoms with van der Waals surface area (Å²) >= 11 is 0. The number of carbonyl (C=O) groups excluding carboxylic acids is 1. The molecule has 22 heavy (non-hydrogen) atoms. The van der Waals surface area contributed by atoms with Crippen LogP contribution in [0, 0.1) is 0 Å². The molecule has 3 rings (SSSR count). The zero-order valence-electron chi connectivity index (χ0n) is 13.0. The molecule has 1 amide bonds. The first kappa shape index (κ1) is 14.8. The van der Waals surface area contributed by atoms with E-state index in [4.69, 9.17) is 4.74 Å². The summed E-state index contributed by atoms with van der Waals surface area (Å²) in [6.07, 6.45) is 1.33. The average molecular weight is 300 g/mol. The molecule has 0 bridgehead atoms. The fraction of sp³-hybridized carbons (Fsp3) is 0.412. The molecule has 5 heteroatoms. The van der Waals surface area contributed by atoms with Gasteiger partial charge in [0, 0.05) is 11.6 Å². The molecule has 0 spiro atoms. The van der Waals surface area contributed by atoms with Crippen molar-refractivity contribution in [2.75, 3.05) is 13.1 Å². The van der Waals surface area contributed by atoms with Gasteiger partial charge in [0.2, 0.25) is 0 Å². The SMILES string of the molecule is CC(C)(C)OC(=O)N1CC(O)(c2ccc3cccnc3c2)C1. The molecule has 1 aromatic carbocycles. The Kier molecular flexibility index (Phi) is 3.33. The standard InChI is InChI=1S/C17H20N2O3/c1-16(2,3)22-15(20)19-10-17(21,11-19)13-7-6-12-5-4-8-18-14(12)9-13/h4-9,21H,10-11H2,1-3H3. The van der Waals surface area contributed by atoms with Gasteiger partial charge in [-0.2, -0.15) is 0 Å². The predicted molar refractivity (Wildman–Crippen MR) is 83.4 cm³/mol. The molecule has 0 radical (unpaired) electrons. The number of likely N-dealkylation sites (tertiary alicyclic amines) is 1. The van der Waals surface area contributed by atoms with Crippen molar-refractivity contribution in [2.45, 2.75) is 32.0 Å². The largest absolute Gasteiger partial charge is 0.444 e. The van der Waals surface area contributed by atoms with E-state index in [1.165, 1.54) is 4.90 Å². The summed E-state index contributed by atoms with van der Waals surface area (Å²) in [5.74, 6) is 0. The summed E-state index contributed by atoms with van der Waals surface area (Å²) in [6.45, 7) is 5.95. The molecule has 0 saturated carbocycles. The van der Waals surface area contributed by atoms with E-state index in [9.17, 15) is 9.90 Å². The Balaban J connectivity index is 1.74. The van der Waals surface area contributed by atoms with Crippen molar-refractivity contribution in [1.82, 2.24) is 9.88 Å². The average Bonchev–Trinajstić information content (AvgIpc) is 2.41. The van der Waals surface area contributed by atoms with E-state index in [2.05, 4.69) is 4.98 Å². The smallest absolute Gasteiger partial charge is 0.410 e. The van der Waals surface area contributed by atoms with E-state index in [0.717, 1.165) is 16.5 Å². The minimum Gasteiger partial charge on any atom is -0.444 e. The van der Waals surface area contributed by atoms with E-state index >= 15 is 0 Å². The number of aliphatic hydroxyl groups is 1. The Hall–Kier alpha value is -2.14. The Bertz CT molecular complexity index is 715. The number of pyridine rings is 1. The summed E-state index contributed by atoms with van der Waals surface area (Å²) in [6, 6.07) is 9.55. The Labute approximate surface area is 129 Å². The number of hydrogen-bond acceptors (Lipinski definition) is 4. The van der Waals surface area contributed by atoms with Gasteiger partial charge in [0.05, 0.1) is 18.6 Å². The third-order valence-corrected chi connectivity index (χ3v) is 3.70. The molecule has 1 aliphatic heterocycles. The lowest BCUT2D eigenvalue weighted by Gasteiger charge is -2.46. The van der Waals surface area contributed by atoms with Crippen molar-refractivity contribution < 1.29 is 14.6 Å². The van der Waals surface area contributed by atoms with Crippen LogP contribution in [0.1, 0.15) is 26.3 Å². The number of ether oxygens (including phenoxy) is 1. The molecule has 116 valence electrons. The first-order valence-electron chi connectivity index (χ1n) is 7.32. The number of benzene rings is 1. The van der Waals surface area contributed by atoms with Crippen LogP contribution < -0.4 is 0 Å². The van der Waals surface area contributed by atoms with Gasteiger partial charge in [0.1, 0.15) is 11.2 Å². The fourth-order valence-electron chi connectivity index (χ4n) is 2.58. The van der Waals surface area contributed by atoms with Crippen LogP contribution in [0.5, 0.6) is 0 Å². The van der Waals surface area contributed by atoms with Crippen molar-refractivity contribution in [3.05, 3.63) is 42.1 Å². The minimum atomic E-state index is -1.03. The molecule has 5 nitrogen and oxygen atoms in total. The minimum absolute atomic E-state index is 0.236. The topological polar surface area (TPSA) is 62.7 Å². The Morgan fingerprint density at radius 1 is 1.32 bits per heavy atom. The van der Waals surface area contributed by atoms with Gasteiger partial charge in [-0.15, -0.1) is 0 Å². The Morgan fingerprint density at radius 3 is 2.73 bits per heavy atom. The van der Waals surface area contributed by atoms with Crippen molar-refractivity contribution in [2.24, 2.45) is 0 Å². The van der Waals surface area contributed by atoms with Gasteiger partial charge in [0.15, 0.2) is 0 Å². The number of hydrogen-bond donors (Lipinski definition) is 1. The van der Waals surface area contributed by atoms with Gasteiger partial charge < -0.3 is 14.7 Å². The van der Waals surface area contributed by atoms with E-state index < -0.39 is 17.3 Å². The normalized spacial score (nSPS) is 17.2. The van der Waals surface area contributed by atoms with Crippen LogP contribution in [0.25, 0.3) is 10.9 Å². The van der Waals surface area contributed by atoms with Crippen LogP contribution in [0.15, 0.2) is 36.5 Å². The van der Waals surface area contributed by atoms with Crippen LogP contribution in [0.2, 0.25) is 0 Å². The maximum Gasteiger partial charge on any atom is 0.410 e. The third kappa shape index (κ3) is 2.76. The zero-order chi connectivity index (χ0) is 16.0. The molecule has 1 aromatic heterocycles. The van der Waals surface area contributed by atoms with Crippen LogP contribution in [-0.2, 0) is 10.3 Å². The molecule has 1 aliphatic rings. The second-order valence-corrected chi connectivity index (χ2v) is 6.78. The number of nitrogens with zero attached hydrogens (tertiary/aromatic N) is 2. The van der Waals surface area contributed by atoms with E-state index in [0.29, 0.717) is 0 Å². The quantitative estimate of drug-likeness (QED) is 0.879. The molecule has 0 unspecified atom stereocenters. The van der Waals surface area contributed by atoms with E-state index in [1.54, 1.807) is 6.20 Å². The molecule has 0 aliphatic carbocycles. The number of fused-ring (bicyclic) bond motifs is 1. The molecule has 1 saturated heterocycles. The molecule has 1 fully saturated rings. The monoisotopic (exact) mass is 300 g/mol. The third-order valence-electron chi connectivity index (χ3n) is 3.70. The maximum absolute atomic E-state index is 12.0. The van der Waals surface area contributed by atoms with Gasteiger partial charge >= 0.3 is 6.09 Å². The van der Waals surface area contributed by atoms with Gasteiger partial charge in [0.25, 0.3) is 0 Å². The number of carbonyl (C=O) groups is 1. The van der Waals surface area contributed by atoms with Gasteiger partial charge in [-0.3, -0.25) is 4.98 Å². The van der Waals surface area contributed by atoms with E-state index in [1.807, 2.05) is 51.1 Å². The fourth-order valence-corrected chi connectivity index (χ4v) is 2.58. The Morgan fingerprint density at radius 2 is 2.05 bits per heavy atom. The second-order valence-electron chi connectivity index (χ2n) is 6.78. The summed E-state index contributed by atoms with van der Waals surface area (Å²) in [4.78, 5) is 17.8. The summed E-state index contributed by atoms with van der Waals surface area (Å²) < 4.78 is 5.30. The molecular weight excluding hydrogens is 280 g/mol. The van der Waals surface area contributed by atoms with Crippen LogP contribution >= 0.6 is 0 Å². The maximum atomic E-state index is 12.0. The van der Waals surface area contributed by atoms with Gasteiger partial charge in [-0.05, 0) is 38.5 Å². The first-order chi connectivity index (χ1) is 10.3. The lowest BCUT2D eigenvalue weighted by atomic mass is 9.86. The number of β-amino-alcohol motifs (C(OH)–C–C–N with tert-alkyl or cyclic N) is 1. The van der Waals surface area contributed by atoms with Gasteiger partial charge in [-0.1, -0.05) is 18.2 Å². The van der Waals surface area contributed by atoms with Crippen molar-refractivity contribution in [3.8, 4) is 0 Å². The number of rotatable bonds is 1. The van der Waals surface area contributed by atoms with Crippen molar-refractivity contribution >= 4 is 17.0 Å². The zero-order valence-corrected chi connectivity index (χ0v) is 13.0. The highest BCUT2D eigenvalue weighted by molar-refractivity contribution is 5.79. The molecule has 2 aromatic rings. The summed E-state index contributed by atoms with van der Waals surface area (Å²) in [7, 11) is 0. The second kappa shape index (κ2) is 4.95. The van der Waals surface area contributed by atoms with Crippen LogP contribution in [-0.4, -0.2) is 39.8 Å². The van der Waals surface area contributed by atoms with Crippen LogP contribution in [0.4, 0.5) is 4.79 Å². The summed E-state index contributed by atoms with van der Waals surface area (Å²) in [5, 5.41) is 11.7. The highest BCUT2D eigenvalue weighted by atomic mass is 16.6.